The van der Waals surface area contributed by atoms with Crippen molar-refractivity contribution in [2.45, 2.75) is 46.1 Å². The minimum absolute atomic E-state index is 0.271. The standard InChI is InChI=1S/C10H19NO4/c1-4-7-8(10(12)15-6-3)9(5-2)11(13)14/h8-9H,4-7H2,1-3H3/t8-,9-/m1/s1. The molecule has 0 aromatic heterocycles. The van der Waals surface area contributed by atoms with Gasteiger partial charge in [0.1, 0.15) is 5.92 Å². The molecule has 0 amide bonds. The van der Waals surface area contributed by atoms with Crippen molar-refractivity contribution in [1.29, 1.82) is 0 Å². The summed E-state index contributed by atoms with van der Waals surface area (Å²) in [5.74, 6) is -1.04. The van der Waals surface area contributed by atoms with Crippen LogP contribution >= 0.6 is 0 Å². The normalized spacial score (nSPS) is 14.3. The Balaban J connectivity index is 4.60. The molecule has 0 aromatic rings. The SMILES string of the molecule is CCC[C@@H](C(=O)OCC)[C@@H](CC)[N+](=O)[O-]. The minimum Gasteiger partial charge on any atom is -0.466 e. The second-order valence-electron chi connectivity index (χ2n) is 3.41. The van der Waals surface area contributed by atoms with E-state index in [0.717, 1.165) is 6.42 Å². The Bertz CT molecular complexity index is 217. The molecule has 0 aromatic carbocycles. The molecule has 0 rings (SSSR count). The van der Waals surface area contributed by atoms with Gasteiger partial charge in [0.25, 0.3) is 0 Å². The number of ether oxygens (including phenoxy) is 1. The topological polar surface area (TPSA) is 69.4 Å². The summed E-state index contributed by atoms with van der Waals surface area (Å²) in [5, 5.41) is 10.8. The van der Waals surface area contributed by atoms with E-state index < -0.39 is 17.9 Å². The Morgan fingerprint density at radius 2 is 2.00 bits per heavy atom. The number of carbonyl (C=O) groups is 1. The Labute approximate surface area is 90.0 Å². The molecule has 2 atom stereocenters. The Morgan fingerprint density at radius 1 is 1.40 bits per heavy atom. The largest absolute Gasteiger partial charge is 0.466 e. The first-order valence-electron chi connectivity index (χ1n) is 5.38. The van der Waals surface area contributed by atoms with E-state index in [1.54, 1.807) is 13.8 Å². The fourth-order valence-corrected chi connectivity index (χ4v) is 1.61. The molecule has 0 N–H and O–H groups in total. The van der Waals surface area contributed by atoms with E-state index in [0.29, 0.717) is 12.8 Å². The van der Waals surface area contributed by atoms with Crippen LogP contribution < -0.4 is 0 Å². The van der Waals surface area contributed by atoms with Crippen LogP contribution in [0.15, 0.2) is 0 Å². The highest BCUT2D eigenvalue weighted by Gasteiger charge is 2.35. The lowest BCUT2D eigenvalue weighted by Gasteiger charge is -2.17. The fraction of sp³-hybridized carbons (Fsp3) is 0.900. The smallest absolute Gasteiger partial charge is 0.315 e. The molecule has 0 spiro atoms. The average molecular weight is 217 g/mol. The molecule has 0 aliphatic rings. The van der Waals surface area contributed by atoms with Crippen LogP contribution in [-0.2, 0) is 9.53 Å². The van der Waals surface area contributed by atoms with Gasteiger partial charge in [0, 0.05) is 11.3 Å². The van der Waals surface area contributed by atoms with Crippen LogP contribution in [0.2, 0.25) is 0 Å². The first-order valence-corrected chi connectivity index (χ1v) is 5.38. The van der Waals surface area contributed by atoms with Gasteiger partial charge in [-0.15, -0.1) is 0 Å². The van der Waals surface area contributed by atoms with E-state index in [4.69, 9.17) is 4.74 Å². The molecule has 0 bridgehead atoms. The zero-order chi connectivity index (χ0) is 11.8. The van der Waals surface area contributed by atoms with Crippen molar-refractivity contribution in [3.8, 4) is 0 Å². The molecular formula is C10H19NO4. The van der Waals surface area contributed by atoms with Crippen LogP contribution in [0, 0.1) is 16.0 Å². The third kappa shape index (κ3) is 4.27. The lowest BCUT2D eigenvalue weighted by Crippen LogP contribution is -2.35. The Morgan fingerprint density at radius 3 is 2.33 bits per heavy atom. The number of hydrogen-bond acceptors (Lipinski definition) is 4. The minimum atomic E-state index is -0.816. The molecule has 0 unspecified atom stereocenters. The Kier molecular flexibility index (Phi) is 6.66. The Hall–Kier alpha value is -1.13. The number of nitrogens with zero attached hydrogens (tertiary/aromatic N) is 1. The van der Waals surface area contributed by atoms with Crippen molar-refractivity contribution in [3.05, 3.63) is 10.1 Å². The first kappa shape index (κ1) is 13.9. The van der Waals surface area contributed by atoms with Crippen LogP contribution in [0.1, 0.15) is 40.0 Å². The second kappa shape index (κ2) is 7.20. The van der Waals surface area contributed by atoms with Crippen molar-refractivity contribution >= 4 is 5.97 Å². The van der Waals surface area contributed by atoms with Gasteiger partial charge in [-0.05, 0) is 13.3 Å². The molecule has 0 radical (unpaired) electrons. The van der Waals surface area contributed by atoms with Gasteiger partial charge in [-0.2, -0.15) is 0 Å². The van der Waals surface area contributed by atoms with E-state index in [1.807, 2.05) is 6.92 Å². The summed E-state index contributed by atoms with van der Waals surface area (Å²) in [6, 6.07) is -0.816. The van der Waals surface area contributed by atoms with Gasteiger partial charge in [-0.1, -0.05) is 20.3 Å². The summed E-state index contributed by atoms with van der Waals surface area (Å²) >= 11 is 0. The molecule has 0 aliphatic heterocycles. The monoisotopic (exact) mass is 217 g/mol. The van der Waals surface area contributed by atoms with Gasteiger partial charge in [-0.25, -0.2) is 0 Å². The van der Waals surface area contributed by atoms with E-state index in [9.17, 15) is 14.9 Å². The molecular weight excluding hydrogens is 198 g/mol. The predicted octanol–water partition coefficient (Wildman–Crippen LogP) is 2.02. The number of esters is 1. The zero-order valence-corrected chi connectivity index (χ0v) is 9.56. The van der Waals surface area contributed by atoms with Crippen LogP contribution in [-0.4, -0.2) is 23.5 Å². The number of nitro groups is 1. The highest BCUT2D eigenvalue weighted by atomic mass is 16.6. The van der Waals surface area contributed by atoms with Crippen LogP contribution in [0.4, 0.5) is 0 Å². The van der Waals surface area contributed by atoms with Gasteiger partial charge in [0.05, 0.1) is 6.61 Å². The van der Waals surface area contributed by atoms with Crippen molar-refractivity contribution in [2.75, 3.05) is 6.61 Å². The third-order valence-corrected chi connectivity index (χ3v) is 2.34. The molecule has 0 heterocycles. The second-order valence-corrected chi connectivity index (χ2v) is 3.41. The predicted molar refractivity (Wildman–Crippen MR) is 56.1 cm³/mol. The summed E-state index contributed by atoms with van der Waals surface area (Å²) < 4.78 is 4.85. The van der Waals surface area contributed by atoms with Gasteiger partial charge in [0.15, 0.2) is 0 Å². The molecule has 15 heavy (non-hydrogen) atoms. The van der Waals surface area contributed by atoms with Gasteiger partial charge < -0.3 is 4.74 Å². The fourth-order valence-electron chi connectivity index (χ4n) is 1.61. The highest BCUT2D eigenvalue weighted by Crippen LogP contribution is 2.18. The van der Waals surface area contributed by atoms with Crippen molar-refractivity contribution in [3.63, 3.8) is 0 Å². The molecule has 5 nitrogen and oxygen atoms in total. The summed E-state index contributed by atoms with van der Waals surface area (Å²) in [5.41, 5.74) is 0. The molecule has 0 saturated heterocycles. The van der Waals surface area contributed by atoms with Gasteiger partial charge >= 0.3 is 5.97 Å². The molecule has 5 heteroatoms. The molecule has 0 saturated carbocycles. The molecule has 0 fully saturated rings. The van der Waals surface area contributed by atoms with E-state index in [-0.39, 0.29) is 11.5 Å². The third-order valence-electron chi connectivity index (χ3n) is 2.34. The highest BCUT2D eigenvalue weighted by molar-refractivity contribution is 5.73. The maximum atomic E-state index is 11.5. The van der Waals surface area contributed by atoms with Crippen LogP contribution in [0.5, 0.6) is 0 Å². The van der Waals surface area contributed by atoms with E-state index in [2.05, 4.69) is 0 Å². The van der Waals surface area contributed by atoms with Gasteiger partial charge in [0.2, 0.25) is 6.04 Å². The maximum Gasteiger partial charge on any atom is 0.315 e. The lowest BCUT2D eigenvalue weighted by atomic mass is 9.93. The van der Waals surface area contributed by atoms with Crippen LogP contribution in [0.3, 0.4) is 0 Å². The summed E-state index contributed by atoms with van der Waals surface area (Å²) in [7, 11) is 0. The zero-order valence-electron chi connectivity index (χ0n) is 9.56. The number of carbonyl (C=O) groups excluding carboxylic acids is 1. The summed E-state index contributed by atoms with van der Waals surface area (Å²) in [6.07, 6.45) is 1.61. The average Bonchev–Trinajstić information content (AvgIpc) is 2.17. The molecule has 88 valence electrons. The van der Waals surface area contributed by atoms with Crippen molar-refractivity contribution in [2.24, 2.45) is 5.92 Å². The lowest BCUT2D eigenvalue weighted by molar-refractivity contribution is -0.530. The first-order chi connectivity index (χ1) is 7.08. The van der Waals surface area contributed by atoms with Crippen molar-refractivity contribution in [1.82, 2.24) is 0 Å². The number of rotatable bonds is 7. The summed E-state index contributed by atoms with van der Waals surface area (Å²) in [6.45, 7) is 5.59. The summed E-state index contributed by atoms with van der Waals surface area (Å²) in [4.78, 5) is 21.9. The maximum absolute atomic E-state index is 11.5. The van der Waals surface area contributed by atoms with Crippen LogP contribution in [0.25, 0.3) is 0 Å². The quantitative estimate of drug-likeness (QED) is 0.371. The van der Waals surface area contributed by atoms with Crippen molar-refractivity contribution < 1.29 is 14.5 Å². The van der Waals surface area contributed by atoms with E-state index in [1.165, 1.54) is 0 Å². The molecule has 0 aliphatic carbocycles. The van der Waals surface area contributed by atoms with Gasteiger partial charge in [-0.3, -0.25) is 14.9 Å². The van der Waals surface area contributed by atoms with E-state index >= 15 is 0 Å². The number of hydrogen-bond donors (Lipinski definition) is 0.